The molecule has 0 atom stereocenters. The van der Waals surface area contributed by atoms with E-state index in [2.05, 4.69) is 28.3 Å². The standard InChI is InChI=1S/C17H21N3O/c1-2-12-19-20-17(21)15-8-10-16(11-9-15)18-13-14-6-4-3-5-7-14/h3-11,18-19H,2,12-13H2,1H3,(H,20,21). The van der Waals surface area contributed by atoms with Gasteiger partial charge < -0.3 is 5.32 Å². The summed E-state index contributed by atoms with van der Waals surface area (Å²) in [5.74, 6) is -0.113. The van der Waals surface area contributed by atoms with E-state index in [-0.39, 0.29) is 5.91 Å². The highest BCUT2D eigenvalue weighted by molar-refractivity contribution is 5.94. The average molecular weight is 283 g/mol. The number of hydrazine groups is 1. The molecule has 0 aliphatic rings. The Labute approximate surface area is 125 Å². The molecule has 2 aromatic rings. The van der Waals surface area contributed by atoms with Gasteiger partial charge in [0.1, 0.15) is 0 Å². The Balaban J connectivity index is 1.85. The zero-order valence-corrected chi connectivity index (χ0v) is 12.2. The fourth-order valence-corrected chi connectivity index (χ4v) is 1.88. The van der Waals surface area contributed by atoms with Crippen LogP contribution in [0.1, 0.15) is 29.3 Å². The zero-order valence-electron chi connectivity index (χ0n) is 12.2. The average Bonchev–Trinajstić information content (AvgIpc) is 2.54. The molecule has 2 rings (SSSR count). The van der Waals surface area contributed by atoms with Crippen LogP contribution in [0.2, 0.25) is 0 Å². The zero-order chi connectivity index (χ0) is 14.9. The number of nitrogens with one attached hydrogen (secondary N) is 3. The lowest BCUT2D eigenvalue weighted by Gasteiger charge is -2.08. The number of hydrogen-bond acceptors (Lipinski definition) is 3. The number of benzene rings is 2. The highest BCUT2D eigenvalue weighted by Crippen LogP contribution is 2.11. The van der Waals surface area contributed by atoms with E-state index in [4.69, 9.17) is 0 Å². The van der Waals surface area contributed by atoms with Gasteiger partial charge in [0.15, 0.2) is 0 Å². The van der Waals surface area contributed by atoms with E-state index in [9.17, 15) is 4.79 Å². The molecule has 3 N–H and O–H groups in total. The Morgan fingerprint density at radius 3 is 2.38 bits per heavy atom. The van der Waals surface area contributed by atoms with E-state index in [1.54, 1.807) is 0 Å². The molecule has 4 heteroatoms. The first-order valence-corrected chi connectivity index (χ1v) is 7.20. The van der Waals surface area contributed by atoms with Crippen LogP contribution in [0.5, 0.6) is 0 Å². The fourth-order valence-electron chi connectivity index (χ4n) is 1.88. The third-order valence-corrected chi connectivity index (χ3v) is 3.06. The normalized spacial score (nSPS) is 10.1. The fraction of sp³-hybridized carbons (Fsp3) is 0.235. The SMILES string of the molecule is CCCNNC(=O)c1ccc(NCc2ccccc2)cc1. The number of carbonyl (C=O) groups is 1. The Morgan fingerprint density at radius 2 is 1.71 bits per heavy atom. The van der Waals surface area contributed by atoms with Gasteiger partial charge in [-0.25, -0.2) is 5.43 Å². The summed E-state index contributed by atoms with van der Waals surface area (Å²) in [6.07, 6.45) is 0.975. The van der Waals surface area contributed by atoms with Crippen LogP contribution in [0.25, 0.3) is 0 Å². The molecule has 0 bridgehead atoms. The predicted molar refractivity (Wildman–Crippen MR) is 86.0 cm³/mol. The minimum absolute atomic E-state index is 0.113. The molecule has 2 aromatic carbocycles. The number of rotatable bonds is 7. The van der Waals surface area contributed by atoms with Gasteiger partial charge in [-0.05, 0) is 36.2 Å². The van der Waals surface area contributed by atoms with Crippen LogP contribution in [0.15, 0.2) is 54.6 Å². The van der Waals surface area contributed by atoms with Crippen molar-refractivity contribution in [2.75, 3.05) is 11.9 Å². The first-order chi connectivity index (χ1) is 10.3. The van der Waals surface area contributed by atoms with Crippen molar-refractivity contribution < 1.29 is 4.79 Å². The largest absolute Gasteiger partial charge is 0.381 e. The van der Waals surface area contributed by atoms with Gasteiger partial charge >= 0.3 is 0 Å². The van der Waals surface area contributed by atoms with Crippen LogP contribution in [0.3, 0.4) is 0 Å². The summed E-state index contributed by atoms with van der Waals surface area (Å²) in [6.45, 7) is 3.58. The van der Waals surface area contributed by atoms with Crippen LogP contribution < -0.4 is 16.2 Å². The molecule has 110 valence electrons. The lowest BCUT2D eigenvalue weighted by atomic mass is 10.2. The molecule has 4 nitrogen and oxygen atoms in total. The lowest BCUT2D eigenvalue weighted by Crippen LogP contribution is -2.37. The molecule has 0 heterocycles. The van der Waals surface area contributed by atoms with E-state index in [1.807, 2.05) is 49.4 Å². The molecular weight excluding hydrogens is 262 g/mol. The molecule has 0 saturated carbocycles. The molecule has 0 aromatic heterocycles. The van der Waals surface area contributed by atoms with Crippen LogP contribution in [-0.4, -0.2) is 12.5 Å². The van der Waals surface area contributed by atoms with Gasteiger partial charge in [0.05, 0.1) is 0 Å². The summed E-state index contributed by atoms with van der Waals surface area (Å²) < 4.78 is 0. The van der Waals surface area contributed by atoms with Crippen molar-refractivity contribution in [1.29, 1.82) is 0 Å². The molecular formula is C17H21N3O. The highest BCUT2D eigenvalue weighted by Gasteiger charge is 2.04. The Hall–Kier alpha value is -2.33. The predicted octanol–water partition coefficient (Wildman–Crippen LogP) is 2.94. The van der Waals surface area contributed by atoms with Crippen molar-refractivity contribution >= 4 is 11.6 Å². The van der Waals surface area contributed by atoms with Gasteiger partial charge in [0.2, 0.25) is 0 Å². The third-order valence-electron chi connectivity index (χ3n) is 3.06. The van der Waals surface area contributed by atoms with Crippen LogP contribution in [0.4, 0.5) is 5.69 Å². The third kappa shape index (κ3) is 4.93. The Kier molecular flexibility index (Phi) is 5.79. The van der Waals surface area contributed by atoms with Gasteiger partial charge in [-0.3, -0.25) is 10.2 Å². The quantitative estimate of drug-likeness (QED) is 0.541. The smallest absolute Gasteiger partial charge is 0.265 e. The lowest BCUT2D eigenvalue weighted by molar-refractivity contribution is 0.0933. The van der Waals surface area contributed by atoms with Crippen molar-refractivity contribution in [3.8, 4) is 0 Å². The molecule has 0 radical (unpaired) electrons. The maximum atomic E-state index is 11.8. The minimum atomic E-state index is -0.113. The van der Waals surface area contributed by atoms with Crippen LogP contribution in [0, 0.1) is 0 Å². The first-order valence-electron chi connectivity index (χ1n) is 7.20. The second-order valence-electron chi connectivity index (χ2n) is 4.80. The topological polar surface area (TPSA) is 53.2 Å². The first kappa shape index (κ1) is 15.1. The molecule has 0 aliphatic heterocycles. The van der Waals surface area contributed by atoms with E-state index < -0.39 is 0 Å². The summed E-state index contributed by atoms with van der Waals surface area (Å²) >= 11 is 0. The Bertz CT molecular complexity index is 552. The number of carbonyl (C=O) groups excluding carboxylic acids is 1. The van der Waals surface area contributed by atoms with E-state index in [1.165, 1.54) is 5.56 Å². The molecule has 1 amide bonds. The van der Waals surface area contributed by atoms with Crippen molar-refractivity contribution in [2.45, 2.75) is 19.9 Å². The van der Waals surface area contributed by atoms with Crippen LogP contribution in [-0.2, 0) is 6.54 Å². The maximum absolute atomic E-state index is 11.8. The molecule has 0 unspecified atom stereocenters. The molecule has 0 fully saturated rings. The molecule has 21 heavy (non-hydrogen) atoms. The summed E-state index contributed by atoms with van der Waals surface area (Å²) in [6, 6.07) is 17.7. The van der Waals surface area contributed by atoms with Gasteiger partial charge in [0.25, 0.3) is 5.91 Å². The maximum Gasteiger partial charge on any atom is 0.265 e. The van der Waals surface area contributed by atoms with Crippen molar-refractivity contribution in [3.05, 3.63) is 65.7 Å². The van der Waals surface area contributed by atoms with Crippen molar-refractivity contribution in [1.82, 2.24) is 10.9 Å². The van der Waals surface area contributed by atoms with E-state index in [0.717, 1.165) is 25.2 Å². The Morgan fingerprint density at radius 1 is 1.00 bits per heavy atom. The summed E-state index contributed by atoms with van der Waals surface area (Å²) in [4.78, 5) is 11.8. The van der Waals surface area contributed by atoms with Gasteiger partial charge in [-0.2, -0.15) is 0 Å². The molecule has 0 spiro atoms. The van der Waals surface area contributed by atoms with Crippen LogP contribution >= 0.6 is 0 Å². The summed E-state index contributed by atoms with van der Waals surface area (Å²) in [5.41, 5.74) is 8.41. The summed E-state index contributed by atoms with van der Waals surface area (Å²) in [5, 5.41) is 3.33. The summed E-state index contributed by atoms with van der Waals surface area (Å²) in [7, 11) is 0. The van der Waals surface area contributed by atoms with Gasteiger partial charge in [-0.15, -0.1) is 0 Å². The number of anilines is 1. The monoisotopic (exact) mass is 283 g/mol. The number of amides is 1. The van der Waals surface area contributed by atoms with Gasteiger partial charge in [0, 0.05) is 24.3 Å². The second kappa shape index (κ2) is 8.07. The van der Waals surface area contributed by atoms with Crippen molar-refractivity contribution in [3.63, 3.8) is 0 Å². The number of hydrogen-bond donors (Lipinski definition) is 3. The van der Waals surface area contributed by atoms with E-state index >= 15 is 0 Å². The van der Waals surface area contributed by atoms with Crippen molar-refractivity contribution in [2.24, 2.45) is 0 Å². The highest BCUT2D eigenvalue weighted by atomic mass is 16.2. The van der Waals surface area contributed by atoms with Gasteiger partial charge in [-0.1, -0.05) is 37.3 Å². The van der Waals surface area contributed by atoms with E-state index in [0.29, 0.717) is 5.56 Å². The molecule has 0 aliphatic carbocycles. The second-order valence-corrected chi connectivity index (χ2v) is 4.80. The molecule has 0 saturated heterocycles. The minimum Gasteiger partial charge on any atom is -0.381 e.